The fourth-order valence-corrected chi connectivity index (χ4v) is 3.28. The zero-order chi connectivity index (χ0) is 20.1. The molecule has 0 aliphatic heterocycles. The van der Waals surface area contributed by atoms with Gasteiger partial charge in [0.25, 0.3) is 5.91 Å². The molecule has 0 spiro atoms. The van der Waals surface area contributed by atoms with Gasteiger partial charge in [-0.15, -0.1) is 0 Å². The van der Waals surface area contributed by atoms with Crippen LogP contribution in [-0.2, 0) is 4.79 Å². The minimum atomic E-state index is -0.194. The second-order valence-electron chi connectivity index (χ2n) is 6.87. The molecule has 0 saturated heterocycles. The fourth-order valence-electron chi connectivity index (χ4n) is 3.28. The van der Waals surface area contributed by atoms with Crippen molar-refractivity contribution in [2.45, 2.75) is 19.4 Å². The number of nitrogens with one attached hydrogen (secondary N) is 2. The largest absolute Gasteiger partial charge is 0.484 e. The summed E-state index contributed by atoms with van der Waals surface area (Å²) in [5.74, 6) is 1.24. The highest BCUT2D eigenvalue weighted by atomic mass is 16.5. The predicted octanol–water partition coefficient (Wildman–Crippen LogP) is 4.88. The van der Waals surface area contributed by atoms with Crippen LogP contribution in [0.3, 0.4) is 0 Å². The minimum absolute atomic E-state index is 0.0406. The molecule has 4 rings (SSSR count). The molecule has 0 saturated carbocycles. The van der Waals surface area contributed by atoms with Crippen molar-refractivity contribution >= 4 is 16.7 Å². The van der Waals surface area contributed by atoms with Crippen LogP contribution in [0.1, 0.15) is 25.2 Å². The molecule has 1 unspecified atom stereocenters. The van der Waals surface area contributed by atoms with Gasteiger partial charge in [0.15, 0.2) is 6.61 Å². The van der Waals surface area contributed by atoms with E-state index in [1.165, 1.54) is 0 Å². The first-order valence-electron chi connectivity index (χ1n) is 9.74. The number of aromatic nitrogens is 2. The molecule has 0 aliphatic rings. The molecule has 0 bridgehead atoms. The maximum absolute atomic E-state index is 12.4. The second kappa shape index (κ2) is 8.61. The number of amides is 1. The molecule has 0 aliphatic carbocycles. The quantitative estimate of drug-likeness (QED) is 0.477. The highest BCUT2D eigenvalue weighted by molar-refractivity contribution is 5.84. The van der Waals surface area contributed by atoms with Crippen molar-refractivity contribution < 1.29 is 9.53 Å². The van der Waals surface area contributed by atoms with Crippen LogP contribution in [-0.4, -0.2) is 22.5 Å². The lowest BCUT2D eigenvalue weighted by Gasteiger charge is -2.15. The van der Waals surface area contributed by atoms with Crippen molar-refractivity contribution in [2.75, 3.05) is 6.61 Å². The summed E-state index contributed by atoms with van der Waals surface area (Å²) in [5, 5.41) is 5.22. The summed E-state index contributed by atoms with van der Waals surface area (Å²) < 4.78 is 5.69. The lowest BCUT2D eigenvalue weighted by molar-refractivity contribution is -0.123. The number of nitrogens with zero attached hydrogens (tertiary/aromatic N) is 1. The molecule has 5 nitrogen and oxygen atoms in total. The molecule has 1 atom stereocenters. The molecule has 3 aromatic carbocycles. The van der Waals surface area contributed by atoms with Gasteiger partial charge in [-0.25, -0.2) is 4.98 Å². The van der Waals surface area contributed by atoms with E-state index in [1.807, 2.05) is 79.7 Å². The van der Waals surface area contributed by atoms with Crippen LogP contribution in [0.5, 0.6) is 5.75 Å². The van der Waals surface area contributed by atoms with Gasteiger partial charge in [-0.1, -0.05) is 67.6 Å². The molecule has 2 N–H and O–H groups in total. The van der Waals surface area contributed by atoms with Gasteiger partial charge in [0.2, 0.25) is 0 Å². The Morgan fingerprint density at radius 2 is 1.79 bits per heavy atom. The SMILES string of the molecule is CCC(NC(=O)COc1ccc2ccccc2c1)c1ncc(-c2ccccc2)[nH]1. The standard InChI is InChI=1S/C24H23N3O2/c1-2-21(24-25-15-22(27-24)18-9-4-3-5-10-18)26-23(28)16-29-20-13-12-17-8-6-7-11-19(17)14-20/h3-15,21H,2,16H2,1H3,(H,25,27)(H,26,28). The summed E-state index contributed by atoms with van der Waals surface area (Å²) in [6.45, 7) is 1.97. The Bertz CT molecular complexity index is 1110. The first kappa shape index (κ1) is 18.7. The number of fused-ring (bicyclic) bond motifs is 1. The van der Waals surface area contributed by atoms with E-state index in [2.05, 4.69) is 15.3 Å². The molecule has 5 heteroatoms. The Morgan fingerprint density at radius 3 is 2.59 bits per heavy atom. The van der Waals surface area contributed by atoms with E-state index in [0.717, 1.165) is 34.3 Å². The van der Waals surface area contributed by atoms with E-state index < -0.39 is 0 Å². The summed E-state index contributed by atoms with van der Waals surface area (Å²) in [4.78, 5) is 20.2. The van der Waals surface area contributed by atoms with Crippen molar-refractivity contribution in [1.82, 2.24) is 15.3 Å². The molecule has 29 heavy (non-hydrogen) atoms. The second-order valence-corrected chi connectivity index (χ2v) is 6.87. The van der Waals surface area contributed by atoms with Crippen LogP contribution in [0.2, 0.25) is 0 Å². The van der Waals surface area contributed by atoms with Gasteiger partial charge in [-0.3, -0.25) is 4.79 Å². The van der Waals surface area contributed by atoms with Crippen LogP contribution in [0, 0.1) is 0 Å². The van der Waals surface area contributed by atoms with E-state index in [1.54, 1.807) is 6.20 Å². The van der Waals surface area contributed by atoms with Crippen molar-refractivity contribution in [3.63, 3.8) is 0 Å². The van der Waals surface area contributed by atoms with Crippen LogP contribution in [0.4, 0.5) is 0 Å². The highest BCUT2D eigenvalue weighted by Crippen LogP contribution is 2.22. The molecule has 0 radical (unpaired) electrons. The lowest BCUT2D eigenvalue weighted by atomic mass is 10.1. The van der Waals surface area contributed by atoms with Gasteiger partial charge in [0, 0.05) is 0 Å². The Hall–Kier alpha value is -3.60. The van der Waals surface area contributed by atoms with Gasteiger partial charge in [-0.2, -0.15) is 0 Å². The first-order chi connectivity index (χ1) is 14.2. The normalized spacial score (nSPS) is 11.9. The number of hydrogen-bond donors (Lipinski definition) is 2. The number of hydrogen-bond acceptors (Lipinski definition) is 3. The van der Waals surface area contributed by atoms with Crippen molar-refractivity contribution in [3.8, 4) is 17.0 Å². The number of carbonyl (C=O) groups is 1. The van der Waals surface area contributed by atoms with Crippen molar-refractivity contribution in [2.24, 2.45) is 0 Å². The van der Waals surface area contributed by atoms with Crippen LogP contribution in [0.15, 0.2) is 79.0 Å². The van der Waals surface area contributed by atoms with Gasteiger partial charge in [-0.05, 0) is 34.9 Å². The maximum atomic E-state index is 12.4. The Kier molecular flexibility index (Phi) is 5.56. The molecular weight excluding hydrogens is 362 g/mol. The van der Waals surface area contributed by atoms with E-state index in [0.29, 0.717) is 5.75 Å². The molecule has 1 aromatic heterocycles. The van der Waals surface area contributed by atoms with Gasteiger partial charge in [0.1, 0.15) is 11.6 Å². The number of ether oxygens (including phenoxy) is 1. The predicted molar refractivity (Wildman–Crippen MR) is 115 cm³/mol. The molecule has 146 valence electrons. The molecule has 0 fully saturated rings. The number of imidazole rings is 1. The van der Waals surface area contributed by atoms with Crippen molar-refractivity contribution in [1.29, 1.82) is 0 Å². The number of benzene rings is 3. The van der Waals surface area contributed by atoms with Gasteiger partial charge in [0.05, 0.1) is 17.9 Å². The summed E-state index contributed by atoms with van der Waals surface area (Å²) in [5.41, 5.74) is 1.99. The fraction of sp³-hybridized carbons (Fsp3) is 0.167. The summed E-state index contributed by atoms with van der Waals surface area (Å²) in [7, 11) is 0. The Morgan fingerprint density at radius 1 is 1.03 bits per heavy atom. The molecule has 1 heterocycles. The third-order valence-corrected chi connectivity index (χ3v) is 4.84. The summed E-state index contributed by atoms with van der Waals surface area (Å²) in [6.07, 6.45) is 2.52. The van der Waals surface area contributed by atoms with Crippen LogP contribution >= 0.6 is 0 Å². The Balaban J connectivity index is 1.38. The third-order valence-electron chi connectivity index (χ3n) is 4.84. The maximum Gasteiger partial charge on any atom is 0.258 e. The van der Waals surface area contributed by atoms with Gasteiger partial charge < -0.3 is 15.0 Å². The monoisotopic (exact) mass is 385 g/mol. The average molecular weight is 385 g/mol. The Labute approximate surface area is 169 Å². The molecule has 4 aromatic rings. The topological polar surface area (TPSA) is 67.0 Å². The third kappa shape index (κ3) is 4.46. The zero-order valence-corrected chi connectivity index (χ0v) is 16.3. The zero-order valence-electron chi connectivity index (χ0n) is 16.3. The number of H-pyrrole nitrogens is 1. The van der Waals surface area contributed by atoms with E-state index >= 15 is 0 Å². The number of aromatic amines is 1. The first-order valence-corrected chi connectivity index (χ1v) is 9.74. The number of carbonyl (C=O) groups excluding carboxylic acids is 1. The van der Waals surface area contributed by atoms with Crippen LogP contribution in [0.25, 0.3) is 22.0 Å². The molecular formula is C24H23N3O2. The van der Waals surface area contributed by atoms with Gasteiger partial charge >= 0.3 is 0 Å². The van der Waals surface area contributed by atoms with Crippen LogP contribution < -0.4 is 10.1 Å². The highest BCUT2D eigenvalue weighted by Gasteiger charge is 2.17. The van der Waals surface area contributed by atoms with E-state index in [9.17, 15) is 4.79 Å². The smallest absolute Gasteiger partial charge is 0.258 e. The number of rotatable bonds is 7. The van der Waals surface area contributed by atoms with E-state index in [-0.39, 0.29) is 18.6 Å². The van der Waals surface area contributed by atoms with Crippen molar-refractivity contribution in [3.05, 3.63) is 84.8 Å². The summed E-state index contributed by atoms with van der Waals surface area (Å²) >= 11 is 0. The lowest BCUT2D eigenvalue weighted by Crippen LogP contribution is -2.33. The minimum Gasteiger partial charge on any atom is -0.484 e. The molecule has 1 amide bonds. The average Bonchev–Trinajstić information content (AvgIpc) is 3.26. The van der Waals surface area contributed by atoms with E-state index in [4.69, 9.17) is 4.74 Å². The summed E-state index contributed by atoms with van der Waals surface area (Å²) in [6, 6.07) is 23.7.